The number of hydrogen-bond donors (Lipinski definition) is 1. The van der Waals surface area contributed by atoms with Crippen LogP contribution in [-0.4, -0.2) is 50.1 Å². The molecule has 0 bridgehead atoms. The van der Waals surface area contributed by atoms with Crippen molar-refractivity contribution in [3.8, 4) is 11.5 Å². The first-order valence-corrected chi connectivity index (χ1v) is 8.36. The molecule has 0 saturated carbocycles. The lowest BCUT2D eigenvalue weighted by Gasteiger charge is -2.40. The highest BCUT2D eigenvalue weighted by molar-refractivity contribution is 5.56. The molecule has 3 aliphatic rings. The van der Waals surface area contributed by atoms with Gasteiger partial charge in [0.25, 0.3) is 0 Å². The fraction of sp³-hybridized carbons (Fsp3) is 0.647. The zero-order chi connectivity index (χ0) is 14.8. The van der Waals surface area contributed by atoms with Gasteiger partial charge in [-0.3, -0.25) is 4.90 Å². The number of anilines is 1. The molecule has 22 heavy (non-hydrogen) atoms. The molecule has 1 N–H and O–H groups in total. The molecular weight excluding hydrogens is 280 g/mol. The van der Waals surface area contributed by atoms with Crippen molar-refractivity contribution in [2.45, 2.75) is 37.8 Å². The van der Waals surface area contributed by atoms with Crippen LogP contribution in [0.2, 0.25) is 0 Å². The summed E-state index contributed by atoms with van der Waals surface area (Å²) in [6.07, 6.45) is 4.85. The maximum atomic E-state index is 5.49. The van der Waals surface area contributed by atoms with Gasteiger partial charge in [-0.05, 0) is 44.4 Å². The van der Waals surface area contributed by atoms with Crippen molar-refractivity contribution in [1.82, 2.24) is 4.90 Å². The highest BCUT2D eigenvalue weighted by Gasteiger charge is 2.27. The first kappa shape index (κ1) is 14.2. The van der Waals surface area contributed by atoms with Gasteiger partial charge in [-0.1, -0.05) is 0 Å². The van der Waals surface area contributed by atoms with Crippen LogP contribution in [0.1, 0.15) is 25.7 Å². The number of nitrogens with zero attached hydrogens (tertiary/aromatic N) is 1. The molecule has 0 aliphatic carbocycles. The molecule has 1 atom stereocenters. The standard InChI is InChI=1S/C17H24N2O3/c1-2-14(11-19(7-1)15-5-8-20-9-6-15)18-13-3-4-16-17(10-13)22-12-21-16/h3-4,10,14-15,18H,1-2,5-9,11-12H2/t14-/m0/s1. The maximum absolute atomic E-state index is 5.49. The SMILES string of the molecule is c1cc2c(cc1N[C@H]1CCCN(C3CCOCC3)C1)OCO2. The third-order valence-corrected chi connectivity index (χ3v) is 4.90. The second kappa shape index (κ2) is 6.34. The highest BCUT2D eigenvalue weighted by Crippen LogP contribution is 2.34. The smallest absolute Gasteiger partial charge is 0.231 e. The third-order valence-electron chi connectivity index (χ3n) is 4.90. The Labute approximate surface area is 131 Å². The topological polar surface area (TPSA) is 43.0 Å². The van der Waals surface area contributed by atoms with Crippen molar-refractivity contribution >= 4 is 5.69 Å². The van der Waals surface area contributed by atoms with Crippen molar-refractivity contribution in [2.24, 2.45) is 0 Å². The van der Waals surface area contributed by atoms with E-state index in [4.69, 9.17) is 14.2 Å². The van der Waals surface area contributed by atoms with Crippen LogP contribution in [0.5, 0.6) is 11.5 Å². The lowest BCUT2D eigenvalue weighted by molar-refractivity contribution is 0.0256. The van der Waals surface area contributed by atoms with E-state index in [1.807, 2.05) is 6.07 Å². The molecule has 0 amide bonds. The van der Waals surface area contributed by atoms with Crippen molar-refractivity contribution in [1.29, 1.82) is 0 Å². The fourth-order valence-electron chi connectivity index (χ4n) is 3.73. The maximum Gasteiger partial charge on any atom is 0.231 e. The molecule has 5 heteroatoms. The number of nitrogens with one attached hydrogen (secondary N) is 1. The predicted molar refractivity (Wildman–Crippen MR) is 84.6 cm³/mol. The predicted octanol–water partition coefficient (Wildman–Crippen LogP) is 2.47. The molecule has 3 aliphatic heterocycles. The average Bonchev–Trinajstić information content (AvgIpc) is 3.04. The molecule has 3 heterocycles. The minimum absolute atomic E-state index is 0.333. The number of ether oxygens (including phenoxy) is 3. The van der Waals surface area contributed by atoms with Gasteiger partial charge in [-0.15, -0.1) is 0 Å². The number of hydrogen-bond acceptors (Lipinski definition) is 5. The Hall–Kier alpha value is -1.46. The van der Waals surface area contributed by atoms with Gasteiger partial charge in [0.2, 0.25) is 6.79 Å². The average molecular weight is 304 g/mol. The Morgan fingerprint density at radius 1 is 1.05 bits per heavy atom. The largest absolute Gasteiger partial charge is 0.454 e. The monoisotopic (exact) mass is 304 g/mol. The molecule has 2 saturated heterocycles. The first-order valence-electron chi connectivity index (χ1n) is 8.36. The molecule has 1 aromatic carbocycles. The summed E-state index contributed by atoms with van der Waals surface area (Å²) in [7, 11) is 0. The Kier molecular flexibility index (Phi) is 4.08. The second-order valence-electron chi connectivity index (χ2n) is 6.39. The van der Waals surface area contributed by atoms with Crippen LogP contribution in [-0.2, 0) is 4.74 Å². The van der Waals surface area contributed by atoms with Crippen LogP contribution in [0.4, 0.5) is 5.69 Å². The number of piperidine rings is 1. The van der Waals surface area contributed by atoms with Gasteiger partial charge in [-0.2, -0.15) is 0 Å². The Bertz CT molecular complexity index is 517. The first-order chi connectivity index (χ1) is 10.9. The van der Waals surface area contributed by atoms with Crippen LogP contribution < -0.4 is 14.8 Å². The summed E-state index contributed by atoms with van der Waals surface area (Å²) in [5, 5.41) is 3.67. The number of benzene rings is 1. The summed E-state index contributed by atoms with van der Waals surface area (Å²) >= 11 is 0. The van der Waals surface area contributed by atoms with Crippen LogP contribution in [0, 0.1) is 0 Å². The molecule has 4 rings (SSSR count). The molecule has 5 nitrogen and oxygen atoms in total. The number of fused-ring (bicyclic) bond motifs is 1. The second-order valence-corrected chi connectivity index (χ2v) is 6.39. The number of rotatable bonds is 3. The molecular formula is C17H24N2O3. The zero-order valence-electron chi connectivity index (χ0n) is 12.9. The van der Waals surface area contributed by atoms with Gasteiger partial charge in [0.05, 0.1) is 0 Å². The molecule has 0 aromatic heterocycles. The molecule has 2 fully saturated rings. The van der Waals surface area contributed by atoms with Gasteiger partial charge < -0.3 is 19.5 Å². The van der Waals surface area contributed by atoms with Gasteiger partial charge in [-0.25, -0.2) is 0 Å². The summed E-state index contributed by atoms with van der Waals surface area (Å²) in [4.78, 5) is 2.65. The minimum Gasteiger partial charge on any atom is -0.454 e. The van der Waals surface area contributed by atoms with Crippen LogP contribution in [0.15, 0.2) is 18.2 Å². The van der Waals surface area contributed by atoms with E-state index in [2.05, 4.69) is 22.3 Å². The van der Waals surface area contributed by atoms with E-state index in [0.717, 1.165) is 36.9 Å². The van der Waals surface area contributed by atoms with Crippen molar-refractivity contribution < 1.29 is 14.2 Å². The summed E-state index contributed by atoms with van der Waals surface area (Å²) in [6.45, 7) is 4.52. The van der Waals surface area contributed by atoms with Crippen LogP contribution >= 0.6 is 0 Å². The minimum atomic E-state index is 0.333. The van der Waals surface area contributed by atoms with E-state index in [9.17, 15) is 0 Å². The van der Waals surface area contributed by atoms with E-state index >= 15 is 0 Å². The Morgan fingerprint density at radius 2 is 1.91 bits per heavy atom. The summed E-state index contributed by atoms with van der Waals surface area (Å²) in [5.41, 5.74) is 1.13. The highest BCUT2D eigenvalue weighted by atomic mass is 16.7. The van der Waals surface area contributed by atoms with Gasteiger partial charge in [0.1, 0.15) is 0 Å². The van der Waals surface area contributed by atoms with Gasteiger partial charge in [0.15, 0.2) is 11.5 Å². The molecule has 1 aromatic rings. The molecule has 0 unspecified atom stereocenters. The third kappa shape index (κ3) is 3.01. The van der Waals surface area contributed by atoms with E-state index in [1.165, 1.54) is 32.2 Å². The van der Waals surface area contributed by atoms with Gasteiger partial charge >= 0.3 is 0 Å². The molecule has 0 spiro atoms. The molecule has 0 radical (unpaired) electrons. The Balaban J connectivity index is 1.38. The van der Waals surface area contributed by atoms with Crippen LogP contribution in [0.25, 0.3) is 0 Å². The summed E-state index contributed by atoms with van der Waals surface area (Å²) < 4.78 is 16.3. The Morgan fingerprint density at radius 3 is 2.82 bits per heavy atom. The van der Waals surface area contributed by atoms with E-state index in [-0.39, 0.29) is 0 Å². The van der Waals surface area contributed by atoms with Crippen molar-refractivity contribution in [3.63, 3.8) is 0 Å². The van der Waals surface area contributed by atoms with Crippen molar-refractivity contribution in [2.75, 3.05) is 38.4 Å². The van der Waals surface area contributed by atoms with Crippen LogP contribution in [0.3, 0.4) is 0 Å². The summed E-state index contributed by atoms with van der Waals surface area (Å²) in [6, 6.07) is 7.34. The quantitative estimate of drug-likeness (QED) is 0.929. The fourth-order valence-corrected chi connectivity index (χ4v) is 3.73. The normalized spacial score (nSPS) is 26.1. The van der Waals surface area contributed by atoms with E-state index in [0.29, 0.717) is 18.9 Å². The van der Waals surface area contributed by atoms with E-state index in [1.54, 1.807) is 0 Å². The van der Waals surface area contributed by atoms with Crippen molar-refractivity contribution in [3.05, 3.63) is 18.2 Å². The lowest BCUT2D eigenvalue weighted by atomic mass is 9.99. The van der Waals surface area contributed by atoms with E-state index < -0.39 is 0 Å². The molecule has 120 valence electrons. The zero-order valence-corrected chi connectivity index (χ0v) is 12.9. The lowest BCUT2D eigenvalue weighted by Crippen LogP contribution is -2.48. The number of likely N-dealkylation sites (tertiary alicyclic amines) is 1. The van der Waals surface area contributed by atoms with Gasteiger partial charge in [0, 0.05) is 43.6 Å². The summed E-state index contributed by atoms with van der Waals surface area (Å²) in [5.74, 6) is 1.69.